The average Bonchev–Trinajstić information content (AvgIpc) is 2.72. The maximum absolute atomic E-state index is 13.3. The van der Waals surface area contributed by atoms with Crippen molar-refractivity contribution >= 4 is 22.3 Å². The summed E-state index contributed by atoms with van der Waals surface area (Å²) in [5.74, 6) is 0. The van der Waals surface area contributed by atoms with E-state index in [-0.39, 0.29) is 6.04 Å². The molecular weight excluding hydrogens is 310 g/mol. The van der Waals surface area contributed by atoms with Gasteiger partial charge in [0.05, 0.1) is 4.90 Å². The van der Waals surface area contributed by atoms with Gasteiger partial charge in [0.25, 0.3) is 0 Å². The van der Waals surface area contributed by atoms with E-state index < -0.39 is 10.0 Å². The predicted molar refractivity (Wildman–Crippen MR) is 95.2 cm³/mol. The highest BCUT2D eigenvalue weighted by atomic mass is 32.2. The standard InChI is InChI=1S/C17H25N3O2S/c1-13-7-5-8-16(17(13)14(2)11-18-4)23(21,22)20-10-6-9-19-12-15(20)3/h5,7-8,11,15,19H,4,6,9-10,12H2,1-3H3/b14-11-/t15-/m0/s1. The Balaban J connectivity index is 2.58. The number of nitrogens with zero attached hydrogens (tertiary/aromatic N) is 2. The summed E-state index contributed by atoms with van der Waals surface area (Å²) >= 11 is 0. The van der Waals surface area contributed by atoms with Crippen LogP contribution in [0.3, 0.4) is 0 Å². The van der Waals surface area contributed by atoms with Crippen molar-refractivity contribution in [2.24, 2.45) is 4.99 Å². The molecule has 1 atom stereocenters. The van der Waals surface area contributed by atoms with Crippen LogP contribution in [-0.2, 0) is 10.0 Å². The lowest BCUT2D eigenvalue weighted by molar-refractivity contribution is 0.353. The molecule has 0 amide bonds. The Morgan fingerprint density at radius 3 is 2.91 bits per heavy atom. The fraction of sp³-hybridized carbons (Fsp3) is 0.471. The second kappa shape index (κ2) is 7.38. The number of aryl methyl sites for hydroxylation is 1. The van der Waals surface area contributed by atoms with Crippen molar-refractivity contribution < 1.29 is 8.42 Å². The third kappa shape index (κ3) is 3.71. The summed E-state index contributed by atoms with van der Waals surface area (Å²) in [5, 5.41) is 3.28. The number of hydrogen-bond acceptors (Lipinski definition) is 4. The van der Waals surface area contributed by atoms with E-state index in [1.165, 1.54) is 0 Å². The Morgan fingerprint density at radius 1 is 1.48 bits per heavy atom. The van der Waals surface area contributed by atoms with Crippen LogP contribution in [0.5, 0.6) is 0 Å². The molecule has 0 spiro atoms. The minimum absolute atomic E-state index is 0.0716. The molecule has 23 heavy (non-hydrogen) atoms. The Kier molecular flexibility index (Phi) is 5.73. The number of allylic oxidation sites excluding steroid dienone is 1. The Hall–Kier alpha value is -1.50. The van der Waals surface area contributed by atoms with Crippen LogP contribution in [0.25, 0.3) is 5.57 Å². The van der Waals surface area contributed by atoms with Gasteiger partial charge in [0, 0.05) is 30.9 Å². The molecule has 1 aromatic carbocycles. The van der Waals surface area contributed by atoms with Crippen molar-refractivity contribution in [2.45, 2.75) is 38.1 Å². The zero-order chi connectivity index (χ0) is 17.0. The maximum atomic E-state index is 13.3. The smallest absolute Gasteiger partial charge is 0.243 e. The first-order valence-electron chi connectivity index (χ1n) is 7.84. The third-order valence-electron chi connectivity index (χ3n) is 4.16. The number of hydrogen-bond donors (Lipinski definition) is 1. The Bertz CT molecular complexity index is 711. The van der Waals surface area contributed by atoms with Gasteiger partial charge in [-0.05, 0) is 57.7 Å². The van der Waals surface area contributed by atoms with Gasteiger partial charge in [-0.3, -0.25) is 4.99 Å². The van der Waals surface area contributed by atoms with Gasteiger partial charge >= 0.3 is 0 Å². The first-order chi connectivity index (χ1) is 10.9. The van der Waals surface area contributed by atoms with Crippen LogP contribution in [0.15, 0.2) is 34.3 Å². The molecule has 0 saturated carbocycles. The Morgan fingerprint density at radius 2 is 2.22 bits per heavy atom. The lowest BCUT2D eigenvalue weighted by Gasteiger charge is -2.27. The van der Waals surface area contributed by atoms with Gasteiger partial charge in [-0.1, -0.05) is 12.1 Å². The van der Waals surface area contributed by atoms with Gasteiger partial charge in [0.2, 0.25) is 10.0 Å². The van der Waals surface area contributed by atoms with Crippen molar-refractivity contribution in [1.82, 2.24) is 9.62 Å². The summed E-state index contributed by atoms with van der Waals surface area (Å²) in [4.78, 5) is 4.14. The van der Waals surface area contributed by atoms with Crippen molar-refractivity contribution in [3.63, 3.8) is 0 Å². The molecule has 1 aliphatic rings. The van der Waals surface area contributed by atoms with Crippen molar-refractivity contribution in [3.8, 4) is 0 Å². The van der Waals surface area contributed by atoms with E-state index in [2.05, 4.69) is 17.0 Å². The van der Waals surface area contributed by atoms with E-state index in [4.69, 9.17) is 0 Å². The van der Waals surface area contributed by atoms with Crippen LogP contribution in [0, 0.1) is 6.92 Å². The van der Waals surface area contributed by atoms with Crippen LogP contribution in [0.2, 0.25) is 0 Å². The van der Waals surface area contributed by atoms with Crippen LogP contribution in [0.1, 0.15) is 31.4 Å². The number of nitrogens with one attached hydrogen (secondary N) is 1. The first-order valence-corrected chi connectivity index (χ1v) is 9.28. The molecule has 0 radical (unpaired) electrons. The summed E-state index contributed by atoms with van der Waals surface area (Å²) < 4.78 is 28.1. The molecule has 0 unspecified atom stereocenters. The number of rotatable bonds is 4. The van der Waals surface area contributed by atoms with E-state index in [9.17, 15) is 8.42 Å². The average molecular weight is 335 g/mol. The second-order valence-corrected chi connectivity index (χ2v) is 7.82. The van der Waals surface area contributed by atoms with Gasteiger partial charge < -0.3 is 5.32 Å². The maximum Gasteiger partial charge on any atom is 0.243 e. The highest BCUT2D eigenvalue weighted by molar-refractivity contribution is 7.89. The van der Waals surface area contributed by atoms with Crippen molar-refractivity contribution in [3.05, 3.63) is 35.5 Å². The molecule has 0 bridgehead atoms. The van der Waals surface area contributed by atoms with Crippen molar-refractivity contribution in [2.75, 3.05) is 19.6 Å². The van der Waals surface area contributed by atoms with E-state index in [1.807, 2.05) is 26.8 Å². The summed E-state index contributed by atoms with van der Waals surface area (Å²) in [6, 6.07) is 5.32. The number of sulfonamides is 1. The van der Waals surface area contributed by atoms with E-state index in [0.29, 0.717) is 18.0 Å². The molecule has 126 valence electrons. The van der Waals surface area contributed by atoms with E-state index in [0.717, 1.165) is 29.7 Å². The fourth-order valence-corrected chi connectivity index (χ4v) is 5.04. The number of aliphatic imine (C=N–C) groups is 1. The molecule has 1 aromatic rings. The monoisotopic (exact) mass is 335 g/mol. The highest BCUT2D eigenvalue weighted by Gasteiger charge is 2.32. The van der Waals surface area contributed by atoms with Crippen LogP contribution >= 0.6 is 0 Å². The fourth-order valence-electron chi connectivity index (χ4n) is 3.04. The van der Waals surface area contributed by atoms with Crippen LogP contribution in [-0.4, -0.2) is 45.1 Å². The summed E-state index contributed by atoms with van der Waals surface area (Å²) in [6.45, 7) is 11.2. The molecule has 1 N–H and O–H groups in total. The summed E-state index contributed by atoms with van der Waals surface area (Å²) in [7, 11) is -3.56. The van der Waals surface area contributed by atoms with Crippen molar-refractivity contribution in [1.29, 1.82) is 0 Å². The van der Waals surface area contributed by atoms with E-state index >= 15 is 0 Å². The zero-order valence-corrected chi connectivity index (χ0v) is 14.9. The molecule has 1 heterocycles. The SMILES string of the molecule is C=N/C=C(/C)c1c(C)cccc1S(=O)(=O)N1CCCNC[C@@H]1C. The van der Waals surface area contributed by atoms with Gasteiger partial charge in [-0.15, -0.1) is 0 Å². The molecule has 1 aliphatic heterocycles. The van der Waals surface area contributed by atoms with Gasteiger partial charge in [0.1, 0.15) is 0 Å². The van der Waals surface area contributed by atoms with Crippen LogP contribution in [0.4, 0.5) is 0 Å². The van der Waals surface area contributed by atoms with Gasteiger partial charge in [-0.25, -0.2) is 8.42 Å². The Labute approximate surface area is 139 Å². The molecule has 0 aliphatic carbocycles. The summed E-state index contributed by atoms with van der Waals surface area (Å²) in [6.07, 6.45) is 2.42. The molecule has 1 fully saturated rings. The molecule has 2 rings (SSSR count). The number of benzene rings is 1. The lowest BCUT2D eigenvalue weighted by atomic mass is 10.0. The second-order valence-electron chi connectivity index (χ2n) is 5.97. The molecule has 1 saturated heterocycles. The third-order valence-corrected chi connectivity index (χ3v) is 6.22. The van der Waals surface area contributed by atoms with E-state index in [1.54, 1.807) is 22.6 Å². The quantitative estimate of drug-likeness (QED) is 0.860. The normalized spacial score (nSPS) is 21.0. The zero-order valence-electron chi connectivity index (χ0n) is 14.0. The highest BCUT2D eigenvalue weighted by Crippen LogP contribution is 2.30. The largest absolute Gasteiger partial charge is 0.315 e. The molecular formula is C17H25N3O2S. The molecule has 6 heteroatoms. The minimum Gasteiger partial charge on any atom is -0.315 e. The topological polar surface area (TPSA) is 61.8 Å². The minimum atomic E-state index is -3.56. The summed E-state index contributed by atoms with van der Waals surface area (Å²) in [5.41, 5.74) is 2.45. The van der Waals surface area contributed by atoms with Crippen LogP contribution < -0.4 is 5.32 Å². The predicted octanol–water partition coefficient (Wildman–Crippen LogP) is 2.43. The van der Waals surface area contributed by atoms with Gasteiger partial charge in [0.15, 0.2) is 0 Å². The molecule has 5 nitrogen and oxygen atoms in total. The first kappa shape index (κ1) is 17.8. The lowest BCUT2D eigenvalue weighted by Crippen LogP contribution is -2.41. The van der Waals surface area contributed by atoms with Gasteiger partial charge in [-0.2, -0.15) is 4.31 Å². The molecule has 0 aromatic heterocycles.